The normalized spacial score (nSPS) is 24.3. The zero-order chi connectivity index (χ0) is 17.6. The number of anilines is 1. The minimum Gasteiger partial charge on any atom is -0.376 e. The van der Waals surface area contributed by atoms with Crippen molar-refractivity contribution in [2.75, 3.05) is 37.7 Å². The van der Waals surface area contributed by atoms with Gasteiger partial charge in [-0.2, -0.15) is 0 Å². The Hall–Kier alpha value is -1.92. The number of rotatable bonds is 4. The molecule has 1 aromatic heterocycles. The van der Waals surface area contributed by atoms with Crippen molar-refractivity contribution in [1.82, 2.24) is 20.3 Å². The van der Waals surface area contributed by atoms with Crippen LogP contribution in [0.2, 0.25) is 0 Å². The van der Waals surface area contributed by atoms with Crippen LogP contribution in [0, 0.1) is 12.3 Å². The molecule has 3 aliphatic rings. The number of hydrogen-bond acceptors (Lipinski definition) is 5. The van der Waals surface area contributed by atoms with Crippen molar-refractivity contribution in [3.63, 3.8) is 0 Å². The van der Waals surface area contributed by atoms with Crippen LogP contribution in [0.3, 0.4) is 0 Å². The number of benzene rings is 1. The molecule has 1 N–H and O–H groups in total. The molecule has 0 bridgehead atoms. The highest BCUT2D eigenvalue weighted by atomic mass is 16.5. The smallest absolute Gasteiger partial charge is 0.113 e. The molecule has 4 heterocycles. The molecule has 2 aromatic rings. The summed E-state index contributed by atoms with van der Waals surface area (Å²) in [6, 6.07) is 6.71. The van der Waals surface area contributed by atoms with Crippen molar-refractivity contribution in [2.24, 2.45) is 5.41 Å². The van der Waals surface area contributed by atoms with Crippen LogP contribution in [0.25, 0.3) is 11.3 Å². The van der Waals surface area contributed by atoms with Crippen LogP contribution in [0.1, 0.15) is 24.8 Å². The molecule has 138 valence electrons. The number of aromatic nitrogens is 3. The summed E-state index contributed by atoms with van der Waals surface area (Å²) < 4.78 is 7.75. The Morgan fingerprint density at radius 3 is 2.85 bits per heavy atom. The van der Waals surface area contributed by atoms with Crippen molar-refractivity contribution in [2.45, 2.75) is 38.8 Å². The molecule has 5 rings (SSSR count). The largest absolute Gasteiger partial charge is 0.376 e. The molecule has 1 atom stereocenters. The Balaban J connectivity index is 1.28. The van der Waals surface area contributed by atoms with E-state index < -0.39 is 0 Å². The Kier molecular flexibility index (Phi) is 3.98. The van der Waals surface area contributed by atoms with E-state index in [2.05, 4.69) is 51.8 Å². The van der Waals surface area contributed by atoms with Gasteiger partial charge in [0.1, 0.15) is 5.69 Å². The van der Waals surface area contributed by atoms with Gasteiger partial charge in [-0.1, -0.05) is 11.3 Å². The van der Waals surface area contributed by atoms with Gasteiger partial charge in [-0.25, -0.2) is 4.68 Å². The number of ether oxygens (including phenoxy) is 1. The van der Waals surface area contributed by atoms with Gasteiger partial charge in [-0.15, -0.1) is 5.10 Å². The van der Waals surface area contributed by atoms with Gasteiger partial charge in [0, 0.05) is 49.5 Å². The van der Waals surface area contributed by atoms with Crippen LogP contribution in [0.5, 0.6) is 0 Å². The molecule has 0 unspecified atom stereocenters. The van der Waals surface area contributed by atoms with Gasteiger partial charge in [-0.05, 0) is 43.9 Å². The molecular formula is C20H27N5O. The molecule has 1 spiro atoms. The molecule has 0 aliphatic carbocycles. The molecule has 1 aromatic carbocycles. The first-order valence-electron chi connectivity index (χ1n) is 9.79. The van der Waals surface area contributed by atoms with E-state index in [1.165, 1.54) is 55.8 Å². The fraction of sp³-hybridized carbons (Fsp3) is 0.600. The fourth-order valence-electron chi connectivity index (χ4n) is 4.45. The molecule has 6 heteroatoms. The van der Waals surface area contributed by atoms with Crippen molar-refractivity contribution in [3.05, 3.63) is 30.0 Å². The van der Waals surface area contributed by atoms with E-state index in [1.54, 1.807) is 0 Å². The average molecular weight is 353 g/mol. The third kappa shape index (κ3) is 2.91. The lowest BCUT2D eigenvalue weighted by atomic mass is 9.74. The predicted molar refractivity (Wildman–Crippen MR) is 101 cm³/mol. The van der Waals surface area contributed by atoms with Crippen molar-refractivity contribution >= 4 is 5.69 Å². The predicted octanol–water partition coefficient (Wildman–Crippen LogP) is 2.23. The van der Waals surface area contributed by atoms with Crippen molar-refractivity contribution < 1.29 is 4.74 Å². The second-order valence-electron chi connectivity index (χ2n) is 8.27. The topological polar surface area (TPSA) is 55.2 Å². The summed E-state index contributed by atoms with van der Waals surface area (Å²) >= 11 is 0. The van der Waals surface area contributed by atoms with Crippen LogP contribution in [0.4, 0.5) is 5.69 Å². The van der Waals surface area contributed by atoms with E-state index in [4.69, 9.17) is 4.74 Å². The average Bonchev–Trinajstić information content (AvgIpc) is 3.01. The molecule has 6 nitrogen and oxygen atoms in total. The number of aryl methyl sites for hydroxylation is 1. The van der Waals surface area contributed by atoms with Crippen molar-refractivity contribution in [1.29, 1.82) is 0 Å². The van der Waals surface area contributed by atoms with E-state index >= 15 is 0 Å². The van der Waals surface area contributed by atoms with Gasteiger partial charge in [0.25, 0.3) is 0 Å². The van der Waals surface area contributed by atoms with Gasteiger partial charge in [0.15, 0.2) is 0 Å². The van der Waals surface area contributed by atoms with E-state index in [0.29, 0.717) is 5.41 Å². The summed E-state index contributed by atoms with van der Waals surface area (Å²) in [5.41, 5.74) is 5.26. The molecule has 0 radical (unpaired) electrons. The summed E-state index contributed by atoms with van der Waals surface area (Å²) in [6.45, 7) is 8.55. The maximum atomic E-state index is 5.81. The first-order chi connectivity index (χ1) is 12.7. The second-order valence-corrected chi connectivity index (χ2v) is 8.27. The molecule has 0 amide bonds. The molecular weight excluding hydrogens is 326 g/mol. The zero-order valence-electron chi connectivity index (χ0n) is 15.4. The summed E-state index contributed by atoms with van der Waals surface area (Å²) in [4.78, 5) is 2.48. The van der Waals surface area contributed by atoms with E-state index in [1.807, 2.05) is 4.68 Å². The van der Waals surface area contributed by atoms with Gasteiger partial charge < -0.3 is 15.0 Å². The maximum absolute atomic E-state index is 5.81. The van der Waals surface area contributed by atoms with Crippen LogP contribution < -0.4 is 10.2 Å². The Morgan fingerprint density at radius 2 is 2.15 bits per heavy atom. The molecule has 3 aliphatic heterocycles. The van der Waals surface area contributed by atoms with Gasteiger partial charge in [0.05, 0.1) is 18.8 Å². The lowest BCUT2D eigenvalue weighted by Gasteiger charge is -2.57. The Morgan fingerprint density at radius 1 is 1.27 bits per heavy atom. The van der Waals surface area contributed by atoms with Gasteiger partial charge >= 0.3 is 0 Å². The molecule has 3 fully saturated rings. The highest BCUT2D eigenvalue weighted by molar-refractivity contribution is 5.67. The quantitative estimate of drug-likeness (QED) is 0.914. The van der Waals surface area contributed by atoms with Crippen LogP contribution >= 0.6 is 0 Å². The summed E-state index contributed by atoms with van der Waals surface area (Å²) in [7, 11) is 0. The Bertz CT molecular complexity index is 783. The van der Waals surface area contributed by atoms with Crippen molar-refractivity contribution in [3.8, 4) is 11.3 Å². The lowest BCUT2D eigenvalue weighted by molar-refractivity contribution is 0.00370. The first-order valence-corrected chi connectivity index (χ1v) is 9.79. The first kappa shape index (κ1) is 16.3. The number of nitrogens with zero attached hydrogens (tertiary/aromatic N) is 4. The zero-order valence-corrected chi connectivity index (χ0v) is 15.4. The third-order valence-corrected chi connectivity index (χ3v) is 6.11. The monoisotopic (exact) mass is 353 g/mol. The number of hydrogen-bond donors (Lipinski definition) is 1. The highest BCUT2D eigenvalue weighted by Crippen LogP contribution is 2.38. The fourth-order valence-corrected chi connectivity index (χ4v) is 4.45. The Labute approximate surface area is 154 Å². The van der Waals surface area contributed by atoms with E-state index in [9.17, 15) is 0 Å². The third-order valence-electron chi connectivity index (χ3n) is 6.11. The van der Waals surface area contributed by atoms with Gasteiger partial charge in [0.2, 0.25) is 0 Å². The summed E-state index contributed by atoms with van der Waals surface area (Å²) in [5, 5.41) is 12.1. The SMILES string of the molecule is Cc1cc(N2CC3(CNC3)C2)ccc1-c1cn(C[C@H]2CCCCO2)nn1. The second kappa shape index (κ2) is 6.35. The summed E-state index contributed by atoms with van der Waals surface area (Å²) in [5.74, 6) is 0. The maximum Gasteiger partial charge on any atom is 0.113 e. The minimum absolute atomic E-state index is 0.279. The van der Waals surface area contributed by atoms with E-state index in [-0.39, 0.29) is 6.10 Å². The molecule has 3 saturated heterocycles. The van der Waals surface area contributed by atoms with Gasteiger partial charge in [-0.3, -0.25) is 0 Å². The standard InChI is InChI=1S/C20H27N5O/c1-15-8-16(24-13-20(14-24)11-21-12-20)5-6-18(15)19-10-25(23-22-19)9-17-4-2-3-7-26-17/h5-6,8,10,17,21H,2-4,7,9,11-14H2,1H3/t17-/m1/s1. The minimum atomic E-state index is 0.279. The lowest BCUT2D eigenvalue weighted by Crippen LogP contribution is -2.71. The highest BCUT2D eigenvalue weighted by Gasteiger charge is 2.47. The van der Waals surface area contributed by atoms with Crippen LogP contribution in [-0.2, 0) is 11.3 Å². The molecule has 26 heavy (non-hydrogen) atoms. The molecule has 0 saturated carbocycles. The number of nitrogens with one attached hydrogen (secondary N) is 1. The van der Waals surface area contributed by atoms with E-state index in [0.717, 1.165) is 25.3 Å². The van der Waals surface area contributed by atoms with Crippen LogP contribution in [0.15, 0.2) is 24.4 Å². The summed E-state index contributed by atoms with van der Waals surface area (Å²) in [6.07, 6.45) is 5.88. The van der Waals surface area contributed by atoms with Crippen LogP contribution in [-0.4, -0.2) is 53.9 Å².